The van der Waals surface area contributed by atoms with E-state index in [1.807, 2.05) is 6.92 Å². The summed E-state index contributed by atoms with van der Waals surface area (Å²) >= 11 is 0. The number of aryl methyl sites for hydroxylation is 2. The Bertz CT molecular complexity index is 738. The van der Waals surface area contributed by atoms with Crippen LogP contribution in [0.5, 0.6) is 0 Å². The van der Waals surface area contributed by atoms with Crippen LogP contribution in [0, 0.1) is 12.7 Å². The molecule has 1 aromatic carbocycles. The predicted molar refractivity (Wildman–Crippen MR) is 74.3 cm³/mol. The Labute approximate surface area is 117 Å². The molecule has 20 heavy (non-hydrogen) atoms. The van der Waals surface area contributed by atoms with Crippen LogP contribution in [0.25, 0.3) is 0 Å². The molecular formula is C13H16FN3O2S. The number of nitrogens with two attached hydrogens (primary N) is 1. The first-order chi connectivity index (χ1) is 9.33. The van der Waals surface area contributed by atoms with Gasteiger partial charge in [0.2, 0.25) is 0 Å². The predicted octanol–water partition coefficient (Wildman–Crippen LogP) is 1.91. The van der Waals surface area contributed by atoms with E-state index in [0.717, 1.165) is 11.8 Å². The summed E-state index contributed by atoms with van der Waals surface area (Å²) in [6.07, 6.45) is 0. The molecule has 0 amide bonds. The van der Waals surface area contributed by atoms with Crippen LogP contribution in [0.4, 0.5) is 10.1 Å². The van der Waals surface area contributed by atoms with Crippen LogP contribution in [-0.2, 0) is 22.1 Å². The van der Waals surface area contributed by atoms with E-state index in [0.29, 0.717) is 12.2 Å². The summed E-state index contributed by atoms with van der Waals surface area (Å²) < 4.78 is 39.9. The maximum Gasteiger partial charge on any atom is 0.186 e. The standard InChI is InChI=1S/C13H16FN3O2S/c1-3-17-11(6-9(2)16-17)8-20(18,19)13-5-4-10(15)7-12(13)14/h4-7H,3,8,15H2,1-2H3. The van der Waals surface area contributed by atoms with Crippen LogP contribution in [0.1, 0.15) is 18.3 Å². The average molecular weight is 297 g/mol. The van der Waals surface area contributed by atoms with Crippen molar-refractivity contribution in [3.63, 3.8) is 0 Å². The van der Waals surface area contributed by atoms with Crippen LogP contribution in [-0.4, -0.2) is 18.2 Å². The first-order valence-electron chi connectivity index (χ1n) is 6.14. The fourth-order valence-electron chi connectivity index (χ4n) is 2.03. The van der Waals surface area contributed by atoms with E-state index in [1.54, 1.807) is 17.7 Å². The second-order valence-corrected chi connectivity index (χ2v) is 6.50. The molecule has 1 aromatic heterocycles. The van der Waals surface area contributed by atoms with Crippen LogP contribution in [0.15, 0.2) is 29.2 Å². The summed E-state index contributed by atoms with van der Waals surface area (Å²) in [4.78, 5) is -0.340. The molecule has 0 saturated carbocycles. The number of anilines is 1. The number of halogens is 1. The van der Waals surface area contributed by atoms with Crippen molar-refractivity contribution in [3.8, 4) is 0 Å². The van der Waals surface area contributed by atoms with Crippen LogP contribution < -0.4 is 5.73 Å². The molecule has 0 aliphatic heterocycles. The molecule has 0 fully saturated rings. The Balaban J connectivity index is 2.40. The average Bonchev–Trinajstić information content (AvgIpc) is 2.67. The van der Waals surface area contributed by atoms with Crippen molar-refractivity contribution in [3.05, 3.63) is 41.5 Å². The minimum absolute atomic E-state index is 0.191. The molecule has 0 aliphatic carbocycles. The molecular weight excluding hydrogens is 281 g/mol. The number of nitrogens with zero attached hydrogens (tertiary/aromatic N) is 2. The highest BCUT2D eigenvalue weighted by Crippen LogP contribution is 2.22. The van der Waals surface area contributed by atoms with Crippen molar-refractivity contribution in [1.82, 2.24) is 9.78 Å². The number of benzene rings is 1. The Morgan fingerprint density at radius 3 is 2.65 bits per heavy atom. The maximum atomic E-state index is 13.8. The van der Waals surface area contributed by atoms with Gasteiger partial charge in [-0.15, -0.1) is 0 Å². The molecule has 0 saturated heterocycles. The summed E-state index contributed by atoms with van der Waals surface area (Å²) in [5.41, 5.74) is 6.89. The molecule has 0 unspecified atom stereocenters. The molecule has 2 N–H and O–H groups in total. The van der Waals surface area contributed by atoms with Crippen LogP contribution >= 0.6 is 0 Å². The van der Waals surface area contributed by atoms with E-state index in [4.69, 9.17) is 5.73 Å². The molecule has 7 heteroatoms. The number of sulfone groups is 1. The normalized spacial score (nSPS) is 11.8. The highest BCUT2D eigenvalue weighted by Gasteiger charge is 2.22. The van der Waals surface area contributed by atoms with Gasteiger partial charge in [-0.25, -0.2) is 12.8 Å². The van der Waals surface area contributed by atoms with Gasteiger partial charge in [0.05, 0.1) is 17.1 Å². The van der Waals surface area contributed by atoms with Gasteiger partial charge in [0, 0.05) is 12.2 Å². The summed E-state index contributed by atoms with van der Waals surface area (Å²) in [6, 6.07) is 5.27. The van der Waals surface area contributed by atoms with E-state index >= 15 is 0 Å². The monoisotopic (exact) mass is 297 g/mol. The Morgan fingerprint density at radius 1 is 1.35 bits per heavy atom. The third kappa shape index (κ3) is 2.82. The fraction of sp³-hybridized carbons (Fsp3) is 0.308. The maximum absolute atomic E-state index is 13.8. The van der Waals surface area contributed by atoms with Crippen molar-refractivity contribution in [1.29, 1.82) is 0 Å². The number of nitrogen functional groups attached to an aromatic ring is 1. The Kier molecular flexibility index (Phi) is 3.80. The van der Waals surface area contributed by atoms with Crippen molar-refractivity contribution in [2.45, 2.75) is 31.0 Å². The van der Waals surface area contributed by atoms with Crippen molar-refractivity contribution in [2.24, 2.45) is 0 Å². The van der Waals surface area contributed by atoms with Gasteiger partial charge in [-0.3, -0.25) is 4.68 Å². The first-order valence-corrected chi connectivity index (χ1v) is 7.80. The van der Waals surface area contributed by atoms with Gasteiger partial charge in [-0.2, -0.15) is 5.10 Å². The van der Waals surface area contributed by atoms with Gasteiger partial charge in [0.25, 0.3) is 0 Å². The zero-order chi connectivity index (χ0) is 14.9. The Hall–Kier alpha value is -1.89. The van der Waals surface area contributed by atoms with Crippen molar-refractivity contribution >= 4 is 15.5 Å². The summed E-state index contributed by atoms with van der Waals surface area (Å²) in [5.74, 6) is -1.12. The quantitative estimate of drug-likeness (QED) is 0.874. The van der Waals surface area contributed by atoms with Gasteiger partial charge in [-0.1, -0.05) is 0 Å². The van der Waals surface area contributed by atoms with Crippen molar-refractivity contribution in [2.75, 3.05) is 5.73 Å². The fourth-order valence-corrected chi connectivity index (χ4v) is 3.44. The minimum Gasteiger partial charge on any atom is -0.399 e. The first kappa shape index (κ1) is 14.5. The molecule has 1 heterocycles. The zero-order valence-corrected chi connectivity index (χ0v) is 12.1. The van der Waals surface area contributed by atoms with Gasteiger partial charge in [0.15, 0.2) is 9.84 Å². The lowest BCUT2D eigenvalue weighted by Crippen LogP contribution is -2.12. The topological polar surface area (TPSA) is 78.0 Å². The number of hydrogen-bond donors (Lipinski definition) is 1. The second kappa shape index (κ2) is 5.24. The van der Waals surface area contributed by atoms with Gasteiger partial charge < -0.3 is 5.73 Å². The molecule has 108 valence electrons. The summed E-state index contributed by atoms with van der Waals surface area (Å²) in [5, 5.41) is 4.18. The number of rotatable bonds is 4. The van der Waals surface area contributed by atoms with E-state index in [1.165, 1.54) is 12.1 Å². The SMILES string of the molecule is CCn1nc(C)cc1CS(=O)(=O)c1ccc(N)cc1F. The Morgan fingerprint density at radius 2 is 2.05 bits per heavy atom. The third-order valence-corrected chi connectivity index (χ3v) is 4.59. The number of hydrogen-bond acceptors (Lipinski definition) is 4. The second-order valence-electron chi connectivity index (χ2n) is 4.54. The van der Waals surface area contributed by atoms with E-state index in [-0.39, 0.29) is 16.3 Å². The van der Waals surface area contributed by atoms with E-state index < -0.39 is 15.7 Å². The molecule has 0 atom stereocenters. The summed E-state index contributed by atoms with van der Waals surface area (Å²) in [6.45, 7) is 4.21. The summed E-state index contributed by atoms with van der Waals surface area (Å²) in [7, 11) is -3.77. The largest absolute Gasteiger partial charge is 0.399 e. The lowest BCUT2D eigenvalue weighted by molar-refractivity contribution is 0.562. The molecule has 0 spiro atoms. The van der Waals surface area contributed by atoms with E-state index in [2.05, 4.69) is 5.10 Å². The number of aromatic nitrogens is 2. The minimum atomic E-state index is -3.77. The highest BCUT2D eigenvalue weighted by molar-refractivity contribution is 7.90. The van der Waals surface area contributed by atoms with Crippen LogP contribution in [0.2, 0.25) is 0 Å². The molecule has 0 aliphatic rings. The lowest BCUT2D eigenvalue weighted by Gasteiger charge is -2.08. The van der Waals surface area contributed by atoms with Crippen molar-refractivity contribution < 1.29 is 12.8 Å². The zero-order valence-electron chi connectivity index (χ0n) is 11.3. The van der Waals surface area contributed by atoms with Gasteiger partial charge in [-0.05, 0) is 38.1 Å². The van der Waals surface area contributed by atoms with Crippen LogP contribution in [0.3, 0.4) is 0 Å². The molecule has 0 bridgehead atoms. The van der Waals surface area contributed by atoms with Gasteiger partial charge in [0.1, 0.15) is 10.7 Å². The molecule has 2 aromatic rings. The molecule has 5 nitrogen and oxygen atoms in total. The third-order valence-electron chi connectivity index (χ3n) is 2.91. The molecule has 0 radical (unpaired) electrons. The van der Waals surface area contributed by atoms with Gasteiger partial charge >= 0.3 is 0 Å². The smallest absolute Gasteiger partial charge is 0.186 e. The highest BCUT2D eigenvalue weighted by atomic mass is 32.2. The van der Waals surface area contributed by atoms with E-state index in [9.17, 15) is 12.8 Å². The lowest BCUT2D eigenvalue weighted by atomic mass is 10.3. The molecule has 2 rings (SSSR count).